The van der Waals surface area contributed by atoms with E-state index in [9.17, 15) is 9.59 Å². The summed E-state index contributed by atoms with van der Waals surface area (Å²) in [6, 6.07) is 7.55. The second kappa shape index (κ2) is 9.61. The summed E-state index contributed by atoms with van der Waals surface area (Å²) >= 11 is 9.39. The van der Waals surface area contributed by atoms with Crippen molar-refractivity contribution in [1.82, 2.24) is 24.6 Å². The Morgan fingerprint density at radius 2 is 2.06 bits per heavy atom. The molecule has 1 aliphatic heterocycles. The Morgan fingerprint density at radius 1 is 1.19 bits per heavy atom. The van der Waals surface area contributed by atoms with Crippen molar-refractivity contribution in [2.45, 2.75) is 51.0 Å². The van der Waals surface area contributed by atoms with Gasteiger partial charge < -0.3 is 10.2 Å². The molecule has 10 heteroatoms. The summed E-state index contributed by atoms with van der Waals surface area (Å²) in [4.78, 5) is 39.9. The number of hydrogen-bond donors (Lipinski definition) is 1. The summed E-state index contributed by atoms with van der Waals surface area (Å²) in [5, 5.41) is 6.67. The topological polar surface area (TPSA) is 79.6 Å². The first kappa shape index (κ1) is 23.6. The summed E-state index contributed by atoms with van der Waals surface area (Å²) in [7, 11) is 0. The zero-order chi connectivity index (χ0) is 24.8. The van der Waals surface area contributed by atoms with Crippen molar-refractivity contribution in [3.8, 4) is 10.4 Å². The number of rotatable bonds is 6. The Morgan fingerprint density at radius 3 is 2.86 bits per heavy atom. The SMILES string of the molecule is Cc1nc2sccn2c1C(=O)NC[C@@H]1CCCCN1C(=O)c1nc(C2CC2)sc1-c1cccc(Cl)c1. The van der Waals surface area contributed by atoms with E-state index >= 15 is 0 Å². The third-order valence-electron chi connectivity index (χ3n) is 6.90. The van der Waals surface area contributed by atoms with Gasteiger partial charge in [-0.3, -0.25) is 14.0 Å². The lowest BCUT2D eigenvalue weighted by Crippen LogP contribution is -2.49. The number of nitrogens with zero attached hydrogens (tertiary/aromatic N) is 4. The number of imidazole rings is 1. The normalized spacial score (nSPS) is 18.1. The highest BCUT2D eigenvalue weighted by atomic mass is 35.5. The van der Waals surface area contributed by atoms with Crippen LogP contribution in [0.15, 0.2) is 35.8 Å². The maximum atomic E-state index is 13.9. The molecule has 1 aliphatic carbocycles. The molecule has 4 heterocycles. The maximum Gasteiger partial charge on any atom is 0.274 e. The minimum absolute atomic E-state index is 0.0622. The molecule has 4 aromatic rings. The number of nitrogens with one attached hydrogen (secondary N) is 1. The van der Waals surface area contributed by atoms with Gasteiger partial charge in [-0.15, -0.1) is 22.7 Å². The number of carbonyl (C=O) groups is 2. The third-order valence-corrected chi connectivity index (χ3v) is 9.16. The molecular weight excluding hydrogens is 514 g/mol. The predicted molar refractivity (Wildman–Crippen MR) is 143 cm³/mol. The van der Waals surface area contributed by atoms with Crippen molar-refractivity contribution in [3.63, 3.8) is 0 Å². The zero-order valence-corrected chi connectivity index (χ0v) is 22.3. The zero-order valence-electron chi connectivity index (χ0n) is 19.9. The van der Waals surface area contributed by atoms with Crippen LogP contribution < -0.4 is 5.32 Å². The van der Waals surface area contributed by atoms with Crippen molar-refractivity contribution in [2.75, 3.05) is 13.1 Å². The van der Waals surface area contributed by atoms with Gasteiger partial charge in [-0.1, -0.05) is 23.7 Å². The Hall–Kier alpha value is -2.75. The molecule has 0 unspecified atom stereocenters. The van der Waals surface area contributed by atoms with E-state index < -0.39 is 0 Å². The molecule has 36 heavy (non-hydrogen) atoms. The van der Waals surface area contributed by atoms with E-state index in [1.165, 1.54) is 11.3 Å². The molecule has 186 valence electrons. The number of amides is 2. The van der Waals surface area contributed by atoms with Gasteiger partial charge in [0.2, 0.25) is 0 Å². The quantitative estimate of drug-likeness (QED) is 0.336. The molecule has 0 radical (unpaired) electrons. The summed E-state index contributed by atoms with van der Waals surface area (Å²) in [5.41, 5.74) is 2.69. The Kier molecular flexibility index (Phi) is 6.31. The predicted octanol–water partition coefficient (Wildman–Crippen LogP) is 5.78. The smallest absolute Gasteiger partial charge is 0.274 e. The number of thiazole rings is 2. The minimum atomic E-state index is -0.166. The lowest BCUT2D eigenvalue weighted by Gasteiger charge is -2.35. The first-order valence-corrected chi connectivity index (χ1v) is 14.3. The van der Waals surface area contributed by atoms with Crippen molar-refractivity contribution in [3.05, 3.63) is 63.0 Å². The average molecular weight is 540 g/mol. The first-order chi connectivity index (χ1) is 17.5. The average Bonchev–Trinajstić information content (AvgIpc) is 3.33. The van der Waals surface area contributed by atoms with E-state index in [2.05, 4.69) is 10.3 Å². The van der Waals surface area contributed by atoms with Crippen LogP contribution in [0.5, 0.6) is 0 Å². The second-order valence-electron chi connectivity index (χ2n) is 9.47. The number of fused-ring (bicyclic) bond motifs is 1. The number of piperidine rings is 1. The van der Waals surface area contributed by atoms with Gasteiger partial charge in [0.1, 0.15) is 11.4 Å². The lowest BCUT2D eigenvalue weighted by molar-refractivity contribution is 0.0597. The largest absolute Gasteiger partial charge is 0.349 e. The molecule has 2 amide bonds. The van der Waals surface area contributed by atoms with Crippen LogP contribution >= 0.6 is 34.3 Å². The van der Waals surface area contributed by atoms with Gasteiger partial charge in [0, 0.05) is 41.6 Å². The fourth-order valence-corrected chi connectivity index (χ4v) is 7.06. The number of aromatic nitrogens is 3. The maximum absolute atomic E-state index is 13.9. The monoisotopic (exact) mass is 539 g/mol. The highest BCUT2D eigenvalue weighted by molar-refractivity contribution is 7.15. The summed E-state index contributed by atoms with van der Waals surface area (Å²) in [5.74, 6) is 0.229. The van der Waals surface area contributed by atoms with Crippen molar-refractivity contribution in [1.29, 1.82) is 0 Å². The highest BCUT2D eigenvalue weighted by Gasteiger charge is 2.34. The molecule has 2 fully saturated rings. The fraction of sp³-hybridized carbons (Fsp3) is 0.385. The van der Waals surface area contributed by atoms with Crippen LogP contribution in [0.25, 0.3) is 15.4 Å². The van der Waals surface area contributed by atoms with Crippen LogP contribution in [-0.4, -0.2) is 50.2 Å². The molecule has 7 nitrogen and oxygen atoms in total. The third kappa shape index (κ3) is 4.44. The van der Waals surface area contributed by atoms with Crippen LogP contribution in [0.1, 0.15) is 69.7 Å². The molecule has 6 rings (SSSR count). The number of halogens is 1. The van der Waals surface area contributed by atoms with Gasteiger partial charge in [-0.2, -0.15) is 0 Å². The minimum Gasteiger partial charge on any atom is -0.349 e. The second-order valence-corrected chi connectivity index (χ2v) is 11.8. The van der Waals surface area contributed by atoms with E-state index in [0.29, 0.717) is 41.1 Å². The van der Waals surface area contributed by atoms with Gasteiger partial charge in [-0.25, -0.2) is 9.97 Å². The Bertz CT molecular complexity index is 1450. The Labute approximate surface area is 222 Å². The Balaban J connectivity index is 1.25. The van der Waals surface area contributed by atoms with E-state index in [-0.39, 0.29) is 17.9 Å². The van der Waals surface area contributed by atoms with Crippen LogP contribution in [0.3, 0.4) is 0 Å². The van der Waals surface area contributed by atoms with Crippen LogP contribution in [0.4, 0.5) is 0 Å². The molecular formula is C26H26ClN5O2S2. The van der Waals surface area contributed by atoms with Crippen LogP contribution in [-0.2, 0) is 0 Å². The molecule has 1 N–H and O–H groups in total. The molecule has 3 aromatic heterocycles. The standard InChI is InChI=1S/C26H26ClN5O2S2/c1-15-21(32-11-12-35-26(32)29-15)23(33)28-14-19-7-2-3-10-31(19)25(34)20-22(17-5-4-6-18(27)13-17)36-24(30-20)16-8-9-16/h4-6,11-13,16,19H,2-3,7-10,14H2,1H3,(H,28,33)/t19-/m0/s1. The molecule has 1 saturated heterocycles. The lowest BCUT2D eigenvalue weighted by atomic mass is 10.0. The number of carbonyl (C=O) groups excluding carboxylic acids is 2. The first-order valence-electron chi connectivity index (χ1n) is 12.3. The number of hydrogen-bond acceptors (Lipinski definition) is 6. The molecule has 0 bridgehead atoms. The van der Waals surface area contributed by atoms with E-state index in [0.717, 1.165) is 52.5 Å². The molecule has 0 spiro atoms. The van der Waals surface area contributed by atoms with E-state index in [1.54, 1.807) is 11.3 Å². The van der Waals surface area contributed by atoms with Crippen LogP contribution in [0, 0.1) is 6.92 Å². The van der Waals surface area contributed by atoms with Crippen molar-refractivity contribution in [2.24, 2.45) is 0 Å². The van der Waals surface area contributed by atoms with Gasteiger partial charge in [0.25, 0.3) is 11.8 Å². The summed E-state index contributed by atoms with van der Waals surface area (Å²) in [6.45, 7) is 2.90. The van der Waals surface area contributed by atoms with Gasteiger partial charge in [-0.05, 0) is 56.7 Å². The number of benzene rings is 1. The van der Waals surface area contributed by atoms with Gasteiger partial charge in [0.05, 0.1) is 15.6 Å². The fourth-order valence-electron chi connectivity index (χ4n) is 4.89. The van der Waals surface area contributed by atoms with E-state index in [1.807, 2.05) is 52.1 Å². The van der Waals surface area contributed by atoms with Gasteiger partial charge >= 0.3 is 0 Å². The van der Waals surface area contributed by atoms with E-state index in [4.69, 9.17) is 16.6 Å². The molecule has 1 aromatic carbocycles. The van der Waals surface area contributed by atoms with Crippen LogP contribution in [0.2, 0.25) is 5.02 Å². The van der Waals surface area contributed by atoms with Crippen molar-refractivity contribution < 1.29 is 9.59 Å². The van der Waals surface area contributed by atoms with Crippen molar-refractivity contribution >= 4 is 51.0 Å². The molecule has 1 saturated carbocycles. The summed E-state index contributed by atoms with van der Waals surface area (Å²) < 4.78 is 1.82. The number of aryl methyl sites for hydroxylation is 1. The summed E-state index contributed by atoms with van der Waals surface area (Å²) in [6.07, 6.45) is 6.93. The van der Waals surface area contributed by atoms with Gasteiger partial charge in [0.15, 0.2) is 4.96 Å². The highest BCUT2D eigenvalue weighted by Crippen LogP contribution is 2.45. The molecule has 2 aliphatic rings. The number of likely N-dealkylation sites (tertiary alicyclic amines) is 1. The molecule has 1 atom stereocenters.